The van der Waals surface area contributed by atoms with Crippen LogP contribution in [0.1, 0.15) is 10.4 Å². The van der Waals surface area contributed by atoms with E-state index in [4.69, 9.17) is 0 Å². The van der Waals surface area contributed by atoms with Gasteiger partial charge in [0.05, 0.1) is 0 Å². The predicted octanol–water partition coefficient (Wildman–Crippen LogP) is 1.85. The summed E-state index contributed by atoms with van der Waals surface area (Å²) in [5.41, 5.74) is 1.60. The number of H-pyrrole nitrogens is 1. The molecule has 0 aliphatic rings. The van der Waals surface area contributed by atoms with Gasteiger partial charge in [-0.05, 0) is 11.6 Å². The van der Waals surface area contributed by atoms with Gasteiger partial charge in [-0.2, -0.15) is 0 Å². The number of carbonyl (C=O) groups is 1. The summed E-state index contributed by atoms with van der Waals surface area (Å²) in [4.78, 5) is 24.6. The number of rotatable bonds is 2. The van der Waals surface area contributed by atoms with Gasteiger partial charge in [-0.1, -0.05) is 30.3 Å². The number of pyridine rings is 1. The van der Waals surface area contributed by atoms with Crippen LogP contribution in [0.5, 0.6) is 0 Å². The molecular weight excluding hydrogens is 190 g/mol. The summed E-state index contributed by atoms with van der Waals surface area (Å²) in [6.45, 7) is 0. The van der Waals surface area contributed by atoms with Gasteiger partial charge in [0.15, 0.2) is 6.29 Å². The van der Waals surface area contributed by atoms with E-state index in [2.05, 4.69) is 4.98 Å². The fraction of sp³-hybridized carbons (Fsp3) is 0. The third-order valence-corrected chi connectivity index (χ3v) is 2.15. The SMILES string of the molecule is O=Cc1c[nH]c(=O)c(-c2ccccc2)c1. The van der Waals surface area contributed by atoms with Crippen LogP contribution in [-0.2, 0) is 0 Å². The molecule has 0 saturated heterocycles. The molecular formula is C12H9NO2. The molecule has 0 aliphatic heterocycles. The number of hydrogen-bond donors (Lipinski definition) is 1. The lowest BCUT2D eigenvalue weighted by Gasteiger charge is -2.00. The van der Waals surface area contributed by atoms with Crippen LogP contribution in [0.4, 0.5) is 0 Å². The zero-order chi connectivity index (χ0) is 10.7. The highest BCUT2D eigenvalue weighted by molar-refractivity contribution is 5.77. The third-order valence-electron chi connectivity index (χ3n) is 2.15. The Hall–Kier alpha value is -2.16. The van der Waals surface area contributed by atoms with Gasteiger partial charge in [-0.3, -0.25) is 9.59 Å². The van der Waals surface area contributed by atoms with Gasteiger partial charge in [-0.15, -0.1) is 0 Å². The molecule has 0 bridgehead atoms. The van der Waals surface area contributed by atoms with Crippen LogP contribution in [0.25, 0.3) is 11.1 Å². The second kappa shape index (κ2) is 3.92. The van der Waals surface area contributed by atoms with Crippen molar-refractivity contribution in [2.75, 3.05) is 0 Å². The Labute approximate surface area is 86.4 Å². The Bertz CT molecular complexity index is 529. The average molecular weight is 199 g/mol. The number of aldehydes is 1. The van der Waals surface area contributed by atoms with Crippen molar-refractivity contribution in [2.24, 2.45) is 0 Å². The lowest BCUT2D eigenvalue weighted by Crippen LogP contribution is -2.08. The van der Waals surface area contributed by atoms with Gasteiger partial charge in [0.25, 0.3) is 5.56 Å². The predicted molar refractivity (Wildman–Crippen MR) is 57.9 cm³/mol. The Balaban J connectivity index is 2.62. The first-order chi connectivity index (χ1) is 7.31. The molecule has 0 fully saturated rings. The molecule has 0 radical (unpaired) electrons. The first kappa shape index (κ1) is 9.40. The van der Waals surface area contributed by atoms with Crippen molar-refractivity contribution in [3.8, 4) is 11.1 Å². The fourth-order valence-electron chi connectivity index (χ4n) is 1.40. The molecule has 1 aromatic heterocycles. The van der Waals surface area contributed by atoms with E-state index in [1.807, 2.05) is 30.3 Å². The Morgan fingerprint density at radius 2 is 1.87 bits per heavy atom. The smallest absolute Gasteiger partial charge is 0.255 e. The summed E-state index contributed by atoms with van der Waals surface area (Å²) in [5, 5.41) is 0. The molecule has 0 saturated carbocycles. The highest BCUT2D eigenvalue weighted by Gasteiger charge is 2.03. The molecule has 0 spiro atoms. The van der Waals surface area contributed by atoms with Crippen LogP contribution in [0.3, 0.4) is 0 Å². The van der Waals surface area contributed by atoms with Crippen molar-refractivity contribution in [1.29, 1.82) is 0 Å². The molecule has 3 heteroatoms. The number of hydrogen-bond acceptors (Lipinski definition) is 2. The van der Waals surface area contributed by atoms with E-state index in [-0.39, 0.29) is 5.56 Å². The number of aromatic nitrogens is 1. The summed E-state index contributed by atoms with van der Waals surface area (Å²) in [5.74, 6) is 0. The van der Waals surface area contributed by atoms with Gasteiger partial charge < -0.3 is 4.98 Å². The first-order valence-corrected chi connectivity index (χ1v) is 4.54. The molecule has 0 amide bonds. The Morgan fingerprint density at radius 3 is 2.53 bits per heavy atom. The normalized spacial score (nSPS) is 9.87. The second-order valence-corrected chi connectivity index (χ2v) is 3.16. The lowest BCUT2D eigenvalue weighted by atomic mass is 10.1. The van der Waals surface area contributed by atoms with E-state index in [9.17, 15) is 9.59 Å². The summed E-state index contributed by atoms with van der Waals surface area (Å²) in [7, 11) is 0. The third kappa shape index (κ3) is 1.86. The summed E-state index contributed by atoms with van der Waals surface area (Å²) < 4.78 is 0. The molecule has 15 heavy (non-hydrogen) atoms. The number of benzene rings is 1. The molecule has 2 rings (SSSR count). The van der Waals surface area contributed by atoms with Crippen LogP contribution < -0.4 is 5.56 Å². The molecule has 0 atom stereocenters. The Morgan fingerprint density at radius 1 is 1.13 bits per heavy atom. The van der Waals surface area contributed by atoms with Crippen LogP contribution in [-0.4, -0.2) is 11.3 Å². The van der Waals surface area contributed by atoms with E-state index in [1.165, 1.54) is 6.20 Å². The molecule has 1 N–H and O–H groups in total. The zero-order valence-corrected chi connectivity index (χ0v) is 7.94. The van der Waals surface area contributed by atoms with Gasteiger partial charge in [-0.25, -0.2) is 0 Å². The number of nitrogens with one attached hydrogen (secondary N) is 1. The monoisotopic (exact) mass is 199 g/mol. The van der Waals surface area contributed by atoms with Gasteiger partial charge in [0.1, 0.15) is 0 Å². The van der Waals surface area contributed by atoms with Crippen molar-refractivity contribution >= 4 is 6.29 Å². The molecule has 3 nitrogen and oxygen atoms in total. The fourth-order valence-corrected chi connectivity index (χ4v) is 1.40. The van der Waals surface area contributed by atoms with Crippen molar-refractivity contribution in [3.05, 3.63) is 58.5 Å². The molecule has 0 unspecified atom stereocenters. The first-order valence-electron chi connectivity index (χ1n) is 4.54. The van der Waals surface area contributed by atoms with Gasteiger partial charge >= 0.3 is 0 Å². The van der Waals surface area contributed by atoms with Crippen molar-refractivity contribution in [3.63, 3.8) is 0 Å². The van der Waals surface area contributed by atoms with E-state index >= 15 is 0 Å². The van der Waals surface area contributed by atoms with Crippen molar-refractivity contribution < 1.29 is 4.79 Å². The molecule has 0 aliphatic carbocycles. The summed E-state index contributed by atoms with van der Waals surface area (Å²) in [6, 6.07) is 10.8. The van der Waals surface area contributed by atoms with E-state index in [0.717, 1.165) is 5.56 Å². The Kier molecular flexibility index (Phi) is 2.46. The summed E-state index contributed by atoms with van der Waals surface area (Å²) in [6.07, 6.45) is 2.12. The van der Waals surface area contributed by atoms with Gasteiger partial charge in [0.2, 0.25) is 0 Å². The maximum Gasteiger partial charge on any atom is 0.255 e. The summed E-state index contributed by atoms with van der Waals surface area (Å²) >= 11 is 0. The standard InChI is InChI=1S/C12H9NO2/c14-8-9-6-11(12(15)13-7-9)10-4-2-1-3-5-10/h1-8H,(H,13,15). The van der Waals surface area contributed by atoms with Crippen molar-refractivity contribution in [1.82, 2.24) is 4.98 Å². The maximum atomic E-state index is 11.5. The van der Waals surface area contributed by atoms with E-state index in [1.54, 1.807) is 6.07 Å². The van der Waals surface area contributed by atoms with Crippen molar-refractivity contribution in [2.45, 2.75) is 0 Å². The minimum Gasteiger partial charge on any atom is -0.328 e. The van der Waals surface area contributed by atoms with Crippen LogP contribution in [0, 0.1) is 0 Å². The minimum absolute atomic E-state index is 0.188. The van der Waals surface area contributed by atoms with E-state index < -0.39 is 0 Å². The lowest BCUT2D eigenvalue weighted by molar-refractivity contribution is 0.112. The molecule has 74 valence electrons. The number of aromatic amines is 1. The number of carbonyl (C=O) groups excluding carboxylic acids is 1. The largest absolute Gasteiger partial charge is 0.328 e. The minimum atomic E-state index is -0.188. The van der Waals surface area contributed by atoms with Crippen LogP contribution in [0.2, 0.25) is 0 Å². The topological polar surface area (TPSA) is 49.9 Å². The molecule has 2 aromatic rings. The van der Waals surface area contributed by atoms with E-state index in [0.29, 0.717) is 17.4 Å². The second-order valence-electron chi connectivity index (χ2n) is 3.16. The van der Waals surface area contributed by atoms with Crippen LogP contribution in [0.15, 0.2) is 47.4 Å². The molecule has 1 aromatic carbocycles. The quantitative estimate of drug-likeness (QED) is 0.750. The zero-order valence-electron chi connectivity index (χ0n) is 7.94. The van der Waals surface area contributed by atoms with Crippen LogP contribution >= 0.6 is 0 Å². The average Bonchev–Trinajstić information content (AvgIpc) is 2.31. The molecule has 1 heterocycles. The highest BCUT2D eigenvalue weighted by atomic mass is 16.1. The highest BCUT2D eigenvalue weighted by Crippen LogP contribution is 2.14. The maximum absolute atomic E-state index is 11.5. The van der Waals surface area contributed by atoms with Gasteiger partial charge in [0, 0.05) is 17.3 Å².